The molecule has 176 valence electrons. The molecule has 31 heavy (non-hydrogen) atoms. The molecule has 0 saturated heterocycles. The fourth-order valence-corrected chi connectivity index (χ4v) is 4.12. The van der Waals surface area contributed by atoms with E-state index in [9.17, 15) is 9.59 Å². The molecule has 6 heteroatoms. The summed E-state index contributed by atoms with van der Waals surface area (Å²) in [6.07, 6.45) is 12.6. The molecule has 0 aliphatic rings. The second kappa shape index (κ2) is 17.9. The van der Waals surface area contributed by atoms with Crippen molar-refractivity contribution in [1.29, 1.82) is 0 Å². The molecule has 3 N–H and O–H groups in total. The molecular weight excluding hydrogens is 408 g/mol. The fourth-order valence-electron chi connectivity index (χ4n) is 3.28. The van der Waals surface area contributed by atoms with Crippen LogP contribution in [0.15, 0.2) is 24.3 Å². The van der Waals surface area contributed by atoms with Gasteiger partial charge in [0.15, 0.2) is 0 Å². The highest BCUT2D eigenvalue weighted by Crippen LogP contribution is 2.24. The van der Waals surface area contributed by atoms with Crippen LogP contribution in [0.25, 0.3) is 0 Å². The lowest BCUT2D eigenvalue weighted by atomic mass is 10.1. The second-order valence-electron chi connectivity index (χ2n) is 8.31. The van der Waals surface area contributed by atoms with E-state index in [-0.39, 0.29) is 11.8 Å². The predicted molar refractivity (Wildman–Crippen MR) is 133 cm³/mol. The average Bonchev–Trinajstić information content (AvgIpc) is 2.72. The molecular formula is C25H42N2O3S. The Bertz CT molecular complexity index is 623. The summed E-state index contributed by atoms with van der Waals surface area (Å²) in [4.78, 5) is 23.1. The quantitative estimate of drug-likeness (QED) is 0.242. The summed E-state index contributed by atoms with van der Waals surface area (Å²) in [6.45, 7) is 4.92. The maximum Gasteiger partial charge on any atom is 0.224 e. The van der Waals surface area contributed by atoms with E-state index in [2.05, 4.69) is 30.9 Å². The topological polar surface area (TPSA) is 81.4 Å². The normalized spacial score (nSPS) is 10.9. The highest BCUT2D eigenvalue weighted by molar-refractivity contribution is 7.99. The van der Waals surface area contributed by atoms with E-state index in [0.717, 1.165) is 18.1 Å². The second-order valence-corrected chi connectivity index (χ2v) is 10.00. The number of anilines is 1. The molecule has 0 aliphatic carbocycles. The minimum Gasteiger partial charge on any atom is -0.491 e. The van der Waals surface area contributed by atoms with E-state index in [0.29, 0.717) is 37.3 Å². The summed E-state index contributed by atoms with van der Waals surface area (Å²) in [5.74, 6) is 1.61. The van der Waals surface area contributed by atoms with Gasteiger partial charge in [-0.05, 0) is 42.4 Å². The number of ether oxygens (including phenoxy) is 1. The van der Waals surface area contributed by atoms with Gasteiger partial charge in [0.05, 0.1) is 12.3 Å². The van der Waals surface area contributed by atoms with Crippen LogP contribution >= 0.6 is 11.8 Å². The number of amides is 2. The van der Waals surface area contributed by atoms with Crippen molar-refractivity contribution in [2.75, 3.05) is 17.7 Å². The first-order valence-corrected chi connectivity index (χ1v) is 13.0. The molecule has 0 aliphatic heterocycles. The smallest absolute Gasteiger partial charge is 0.224 e. The van der Waals surface area contributed by atoms with Crippen LogP contribution in [0.4, 0.5) is 5.69 Å². The van der Waals surface area contributed by atoms with Gasteiger partial charge < -0.3 is 15.8 Å². The van der Waals surface area contributed by atoms with Crippen LogP contribution < -0.4 is 15.8 Å². The van der Waals surface area contributed by atoms with E-state index in [1.54, 1.807) is 0 Å². The van der Waals surface area contributed by atoms with Gasteiger partial charge in [0.25, 0.3) is 0 Å². The van der Waals surface area contributed by atoms with Gasteiger partial charge in [0, 0.05) is 12.8 Å². The Morgan fingerprint density at radius 1 is 0.903 bits per heavy atom. The Labute approximate surface area is 193 Å². The molecule has 1 aromatic rings. The largest absolute Gasteiger partial charge is 0.491 e. The molecule has 0 spiro atoms. The van der Waals surface area contributed by atoms with E-state index < -0.39 is 0 Å². The minimum atomic E-state index is -0.332. The number of para-hydroxylation sites is 2. The van der Waals surface area contributed by atoms with E-state index in [1.165, 1.54) is 50.7 Å². The van der Waals surface area contributed by atoms with Gasteiger partial charge in [-0.3, -0.25) is 9.59 Å². The number of carbonyl (C=O) groups excluding carboxylic acids is 2. The number of primary amides is 1. The summed E-state index contributed by atoms with van der Waals surface area (Å²) in [5, 5.41) is 3.70. The first-order chi connectivity index (χ1) is 15.0. The number of unbranched alkanes of at least 4 members (excludes halogenated alkanes) is 8. The van der Waals surface area contributed by atoms with Gasteiger partial charge in [-0.2, -0.15) is 11.8 Å². The molecule has 0 atom stereocenters. The Kier molecular flexibility index (Phi) is 15.8. The molecule has 0 saturated carbocycles. The van der Waals surface area contributed by atoms with Crippen molar-refractivity contribution in [3.63, 3.8) is 0 Å². The zero-order chi connectivity index (χ0) is 22.7. The molecule has 0 unspecified atom stereocenters. The molecule has 5 nitrogen and oxygen atoms in total. The van der Waals surface area contributed by atoms with Gasteiger partial charge in [0.1, 0.15) is 5.75 Å². The maximum atomic E-state index is 12.3. The van der Waals surface area contributed by atoms with Crippen LogP contribution in [0, 0.1) is 0 Å². The van der Waals surface area contributed by atoms with Crippen molar-refractivity contribution < 1.29 is 14.3 Å². The molecule has 2 amide bonds. The number of hydrogen-bond donors (Lipinski definition) is 2. The number of benzene rings is 1. The summed E-state index contributed by atoms with van der Waals surface area (Å²) >= 11 is 2.06. The Morgan fingerprint density at radius 2 is 1.52 bits per heavy atom. The lowest BCUT2D eigenvalue weighted by Gasteiger charge is -2.12. The number of carbonyl (C=O) groups is 2. The molecule has 0 heterocycles. The zero-order valence-electron chi connectivity index (χ0n) is 19.5. The van der Waals surface area contributed by atoms with E-state index >= 15 is 0 Å². The first-order valence-electron chi connectivity index (χ1n) is 11.9. The van der Waals surface area contributed by atoms with E-state index in [4.69, 9.17) is 10.5 Å². The summed E-state index contributed by atoms with van der Waals surface area (Å²) < 4.78 is 5.69. The van der Waals surface area contributed by atoms with Crippen molar-refractivity contribution in [2.45, 2.75) is 96.1 Å². The van der Waals surface area contributed by atoms with Gasteiger partial charge in [-0.1, -0.05) is 70.9 Å². The van der Waals surface area contributed by atoms with E-state index in [1.807, 2.05) is 24.3 Å². The molecule has 0 bridgehead atoms. The van der Waals surface area contributed by atoms with Crippen LogP contribution in [-0.2, 0) is 9.59 Å². The number of rotatable bonds is 19. The lowest BCUT2D eigenvalue weighted by Crippen LogP contribution is -2.14. The highest BCUT2D eigenvalue weighted by Gasteiger charge is 2.08. The summed E-state index contributed by atoms with van der Waals surface area (Å²) in [6, 6.07) is 7.39. The average molecular weight is 451 g/mol. The van der Waals surface area contributed by atoms with Gasteiger partial charge in [-0.25, -0.2) is 0 Å². The summed E-state index contributed by atoms with van der Waals surface area (Å²) in [5.41, 5.74) is 5.82. The Balaban J connectivity index is 2.06. The first kappa shape index (κ1) is 27.3. The number of nitrogens with one attached hydrogen (secondary N) is 1. The number of nitrogens with two attached hydrogens (primary N) is 1. The highest BCUT2D eigenvalue weighted by atomic mass is 32.2. The third-order valence-electron chi connectivity index (χ3n) is 4.99. The monoisotopic (exact) mass is 450 g/mol. The van der Waals surface area contributed by atoms with Crippen LogP contribution in [0.3, 0.4) is 0 Å². The van der Waals surface area contributed by atoms with Crippen molar-refractivity contribution in [2.24, 2.45) is 5.73 Å². The molecule has 1 aromatic carbocycles. The van der Waals surface area contributed by atoms with Crippen LogP contribution in [0.2, 0.25) is 0 Å². The molecule has 0 radical (unpaired) electrons. The predicted octanol–water partition coefficient (Wildman–Crippen LogP) is 6.31. The van der Waals surface area contributed by atoms with Crippen molar-refractivity contribution in [1.82, 2.24) is 0 Å². The number of thioether (sulfide) groups is 1. The number of hydrogen-bond acceptors (Lipinski definition) is 4. The van der Waals surface area contributed by atoms with Crippen LogP contribution in [0.5, 0.6) is 5.75 Å². The van der Waals surface area contributed by atoms with Gasteiger partial charge in [0.2, 0.25) is 11.8 Å². The third kappa shape index (κ3) is 15.7. The molecule has 1 rings (SSSR count). The van der Waals surface area contributed by atoms with Crippen molar-refractivity contribution in [3.8, 4) is 5.75 Å². The molecule has 0 aromatic heterocycles. The Morgan fingerprint density at radius 3 is 2.16 bits per heavy atom. The van der Waals surface area contributed by atoms with Gasteiger partial charge in [-0.15, -0.1) is 0 Å². The van der Waals surface area contributed by atoms with Crippen LogP contribution in [-0.4, -0.2) is 29.4 Å². The van der Waals surface area contributed by atoms with Crippen molar-refractivity contribution >= 4 is 29.3 Å². The third-order valence-corrected chi connectivity index (χ3v) is 6.18. The SMILES string of the molecule is CC(C)SCCCCCCCCCCCC(=O)Nc1ccccc1OCCCC(N)=O. The standard InChI is InChI=1S/C25H42N2O3S/c1-21(2)31-20-13-9-7-5-3-4-6-8-10-18-25(29)27-22-15-11-12-16-23(22)30-19-14-17-24(26)28/h11-12,15-16,21H,3-10,13-14,17-20H2,1-2H3,(H2,26,28)(H,27,29). The lowest BCUT2D eigenvalue weighted by molar-refractivity contribution is -0.118. The Hall–Kier alpha value is -1.69. The maximum absolute atomic E-state index is 12.3. The minimum absolute atomic E-state index is 0.0208. The zero-order valence-corrected chi connectivity index (χ0v) is 20.3. The summed E-state index contributed by atoms with van der Waals surface area (Å²) in [7, 11) is 0. The fraction of sp³-hybridized carbons (Fsp3) is 0.680. The van der Waals surface area contributed by atoms with Crippen molar-refractivity contribution in [3.05, 3.63) is 24.3 Å². The van der Waals surface area contributed by atoms with Gasteiger partial charge >= 0.3 is 0 Å². The van der Waals surface area contributed by atoms with Crippen LogP contribution in [0.1, 0.15) is 90.9 Å². The molecule has 0 fully saturated rings.